The van der Waals surface area contributed by atoms with Gasteiger partial charge in [0.1, 0.15) is 0 Å². The zero-order valence-electron chi connectivity index (χ0n) is 39.9. The lowest BCUT2D eigenvalue weighted by Gasteiger charge is -2.22. The summed E-state index contributed by atoms with van der Waals surface area (Å²) in [5.74, 6) is -0.489. The molecule has 7 rings (SSSR count). The molecule has 0 radical (unpaired) electrons. The Hall–Kier alpha value is -4.38. The van der Waals surface area contributed by atoms with Crippen LogP contribution in [0.2, 0.25) is 10.0 Å². The van der Waals surface area contributed by atoms with E-state index in [-0.39, 0.29) is 81.9 Å². The molecule has 18 nitrogen and oxygen atoms in total. The number of hydrogen-bond donors (Lipinski definition) is 1. The SMILES string of the molecule is BrCCCOC1CCCCO1.CC(C)CS(=O)(=O)c1nc2c(c(=O)[nH]c(=O)n2C)n1Cc1ccc(Cl)cc1.CCCCn1c(=O)c2c(nc(S(=O)(=O)CC(C)C)n2Cc2ccc(Cl)cc2)n(C)c1=O. The van der Waals surface area contributed by atoms with E-state index in [1.54, 1.807) is 76.2 Å². The van der Waals surface area contributed by atoms with Crippen molar-refractivity contribution in [1.29, 1.82) is 0 Å². The van der Waals surface area contributed by atoms with Crippen molar-refractivity contribution in [2.45, 2.75) is 109 Å². The highest BCUT2D eigenvalue weighted by atomic mass is 79.9. The van der Waals surface area contributed by atoms with Gasteiger partial charge in [-0.1, -0.05) is 104 Å². The van der Waals surface area contributed by atoms with Gasteiger partial charge in [0.25, 0.3) is 11.1 Å². The lowest BCUT2D eigenvalue weighted by Crippen LogP contribution is -2.39. The first-order chi connectivity index (χ1) is 32.6. The van der Waals surface area contributed by atoms with Gasteiger partial charge in [-0.05, 0) is 79.3 Å². The van der Waals surface area contributed by atoms with Gasteiger partial charge in [-0.25, -0.2) is 26.4 Å². The number of alkyl halides is 1. The number of hydrogen-bond acceptors (Lipinski definition) is 12. The third-order valence-electron chi connectivity index (χ3n) is 10.8. The second kappa shape index (κ2) is 24.6. The molecule has 0 bridgehead atoms. The number of aromatic amines is 1. The van der Waals surface area contributed by atoms with Crippen LogP contribution in [0.3, 0.4) is 0 Å². The number of imidazole rings is 2. The zero-order chi connectivity index (χ0) is 50.8. The van der Waals surface area contributed by atoms with Gasteiger partial charge in [0.05, 0.1) is 31.2 Å². The van der Waals surface area contributed by atoms with Crippen LogP contribution in [0.25, 0.3) is 22.3 Å². The Morgan fingerprint density at radius 1 is 0.754 bits per heavy atom. The Morgan fingerprint density at radius 2 is 1.26 bits per heavy atom. The van der Waals surface area contributed by atoms with Gasteiger partial charge in [0, 0.05) is 42.6 Å². The fourth-order valence-electron chi connectivity index (χ4n) is 7.53. The number of nitrogens with one attached hydrogen (secondary N) is 1. The number of nitrogens with zero attached hydrogens (tertiary/aromatic N) is 7. The smallest absolute Gasteiger partial charge is 0.332 e. The molecule has 1 unspecified atom stereocenters. The standard InChI is InChI=1S/C21H27ClN4O4S.C17H19ClN4O4S.C8H15BrO2/c1-5-6-11-25-19(27)17-18(24(4)21(25)28)23-20(31(29,30)13-14(2)3)26(17)12-15-7-9-16(22)10-8-15;1-10(2)9-27(25,26)17-19-14-13(15(23)20-16(24)21(14)3)22(17)8-11-4-6-12(18)7-5-11;9-5-3-7-11-8-4-1-2-6-10-8/h7-10,14H,5-6,11-13H2,1-4H3;4-7,10H,8-9H2,1-3H3,(H,20,23,24);8H,1-7H2. The number of unbranched alkanes of at least 4 members (excludes halogenated alkanes) is 1. The second-order valence-corrected chi connectivity index (χ2v) is 23.1. The number of benzene rings is 2. The normalized spacial score (nSPS) is 14.3. The van der Waals surface area contributed by atoms with Gasteiger partial charge in [0.15, 0.2) is 28.6 Å². The Balaban J connectivity index is 0.000000213. The summed E-state index contributed by atoms with van der Waals surface area (Å²) in [7, 11) is -4.63. The van der Waals surface area contributed by atoms with Gasteiger partial charge >= 0.3 is 11.4 Å². The monoisotopic (exact) mass is 1100 g/mol. The maximum Gasteiger partial charge on any atom is 0.332 e. The molecule has 1 aliphatic rings. The van der Waals surface area contributed by atoms with Crippen molar-refractivity contribution >= 4 is 81.1 Å². The fraction of sp³-hybridized carbons (Fsp3) is 0.522. The van der Waals surface area contributed by atoms with Crippen LogP contribution in [0.15, 0.2) is 78.0 Å². The van der Waals surface area contributed by atoms with E-state index in [1.165, 1.54) is 40.6 Å². The Bertz CT molecular complexity index is 3170. The number of aryl methyl sites for hydroxylation is 2. The molecule has 23 heteroatoms. The molecule has 4 aromatic heterocycles. The first-order valence-corrected chi connectivity index (χ1v) is 27.9. The number of rotatable bonds is 17. The number of sulfone groups is 2. The molecule has 1 atom stereocenters. The highest BCUT2D eigenvalue weighted by molar-refractivity contribution is 9.09. The highest BCUT2D eigenvalue weighted by Crippen LogP contribution is 2.23. The number of H-pyrrole nitrogens is 1. The average Bonchev–Trinajstić information content (AvgIpc) is 3.87. The lowest BCUT2D eigenvalue weighted by molar-refractivity contribution is -0.161. The molecule has 69 heavy (non-hydrogen) atoms. The molecule has 0 aliphatic carbocycles. The largest absolute Gasteiger partial charge is 0.353 e. The minimum atomic E-state index is -3.79. The fourth-order valence-corrected chi connectivity index (χ4v) is 11.5. The first-order valence-electron chi connectivity index (χ1n) is 22.7. The average molecular weight is 1100 g/mol. The predicted molar refractivity (Wildman–Crippen MR) is 273 cm³/mol. The Labute approximate surface area is 419 Å². The minimum Gasteiger partial charge on any atom is -0.353 e. The Morgan fingerprint density at radius 3 is 1.72 bits per heavy atom. The number of halogens is 3. The lowest BCUT2D eigenvalue weighted by atomic mass is 10.2. The molecule has 0 saturated carbocycles. The third-order valence-corrected chi connectivity index (χ3v) is 15.8. The summed E-state index contributed by atoms with van der Waals surface area (Å²) in [6.45, 7) is 11.3. The van der Waals surface area contributed by atoms with Crippen LogP contribution >= 0.6 is 39.1 Å². The third kappa shape index (κ3) is 14.2. The van der Waals surface area contributed by atoms with Crippen molar-refractivity contribution < 1.29 is 26.3 Å². The summed E-state index contributed by atoms with van der Waals surface area (Å²) in [5.41, 5.74) is -0.624. The quantitative estimate of drug-likeness (QED) is 0.0745. The second-order valence-electron chi connectivity index (χ2n) is 17.6. The minimum absolute atomic E-state index is 0.0278. The molecule has 378 valence electrons. The maximum atomic E-state index is 13.3. The van der Waals surface area contributed by atoms with Crippen molar-refractivity contribution in [2.75, 3.05) is 30.0 Å². The van der Waals surface area contributed by atoms with E-state index in [1.807, 2.05) is 6.92 Å². The molecular weight excluding hydrogens is 1040 g/mol. The van der Waals surface area contributed by atoms with Crippen LogP contribution in [0.4, 0.5) is 0 Å². The van der Waals surface area contributed by atoms with E-state index in [0.29, 0.717) is 16.5 Å². The van der Waals surface area contributed by atoms with Gasteiger partial charge in [-0.15, -0.1) is 0 Å². The molecule has 5 heterocycles. The number of aromatic nitrogens is 8. The Kier molecular flexibility index (Phi) is 19.8. The van der Waals surface area contributed by atoms with Crippen molar-refractivity contribution in [1.82, 2.24) is 37.8 Å². The zero-order valence-corrected chi connectivity index (χ0v) is 44.6. The molecule has 6 aromatic rings. The molecule has 1 aliphatic heterocycles. The molecule has 1 saturated heterocycles. The van der Waals surface area contributed by atoms with Crippen molar-refractivity contribution in [2.24, 2.45) is 25.9 Å². The molecule has 1 N–H and O–H groups in total. The summed E-state index contributed by atoms with van der Waals surface area (Å²) in [4.78, 5) is 61.1. The number of fused-ring (bicyclic) bond motifs is 2. The molecule has 0 amide bonds. The van der Waals surface area contributed by atoms with E-state index in [2.05, 4.69) is 30.9 Å². The van der Waals surface area contributed by atoms with Crippen molar-refractivity contribution in [3.05, 3.63) is 111 Å². The predicted octanol–water partition coefficient (Wildman–Crippen LogP) is 6.70. The topological polar surface area (TPSA) is 221 Å². The molecular formula is C46H61BrCl2N8O10S2. The van der Waals surface area contributed by atoms with Crippen molar-refractivity contribution in [3.63, 3.8) is 0 Å². The summed E-state index contributed by atoms with van der Waals surface area (Å²) < 4.78 is 69.2. The maximum absolute atomic E-state index is 13.3. The van der Waals surface area contributed by atoms with Crippen LogP contribution < -0.4 is 22.5 Å². The van der Waals surface area contributed by atoms with Crippen molar-refractivity contribution in [3.8, 4) is 0 Å². The van der Waals surface area contributed by atoms with Crippen LogP contribution in [0, 0.1) is 11.8 Å². The molecule has 2 aromatic carbocycles. The van der Waals surface area contributed by atoms with E-state index in [0.717, 1.165) is 58.1 Å². The van der Waals surface area contributed by atoms with Crippen LogP contribution in [-0.2, 0) is 62.9 Å². The van der Waals surface area contributed by atoms with Crippen LogP contribution in [0.1, 0.15) is 84.3 Å². The first kappa shape index (κ1) is 55.5. The van der Waals surface area contributed by atoms with Gasteiger partial charge < -0.3 is 18.6 Å². The number of ether oxygens (including phenoxy) is 2. The van der Waals surface area contributed by atoms with Gasteiger partial charge in [-0.2, -0.15) is 9.97 Å². The summed E-state index contributed by atoms with van der Waals surface area (Å²) in [6, 6.07) is 13.8. The van der Waals surface area contributed by atoms with Gasteiger partial charge in [0.2, 0.25) is 30.0 Å². The van der Waals surface area contributed by atoms with E-state index in [4.69, 9.17) is 32.7 Å². The summed E-state index contributed by atoms with van der Waals surface area (Å²) >= 11 is 15.2. The van der Waals surface area contributed by atoms with E-state index in [9.17, 15) is 36.0 Å². The summed E-state index contributed by atoms with van der Waals surface area (Å²) in [6.07, 6.45) is 6.14. The van der Waals surface area contributed by atoms with Crippen LogP contribution in [-0.4, -0.2) is 91.0 Å². The highest BCUT2D eigenvalue weighted by Gasteiger charge is 2.30. The molecule has 1 fully saturated rings. The van der Waals surface area contributed by atoms with Crippen LogP contribution in [0.5, 0.6) is 0 Å². The molecule has 0 spiro atoms. The van der Waals surface area contributed by atoms with E-state index >= 15 is 0 Å². The van der Waals surface area contributed by atoms with E-state index < -0.39 is 42.2 Å². The van der Waals surface area contributed by atoms with Gasteiger partial charge in [-0.3, -0.25) is 28.3 Å². The summed E-state index contributed by atoms with van der Waals surface area (Å²) in [5, 5.41) is 1.68.